The van der Waals surface area contributed by atoms with E-state index < -0.39 is 21.4 Å². The van der Waals surface area contributed by atoms with Gasteiger partial charge >= 0.3 is 0 Å². The van der Waals surface area contributed by atoms with E-state index in [9.17, 15) is 23.4 Å². The van der Waals surface area contributed by atoms with E-state index >= 15 is 0 Å². The molecule has 2 aromatic carbocycles. The average molecular weight is 401 g/mol. The zero-order valence-electron chi connectivity index (χ0n) is 12.8. The maximum atomic E-state index is 12.3. The molecule has 0 saturated heterocycles. The second kappa shape index (κ2) is 8.13. The largest absolute Gasteiger partial charge is 0.797 e. The molecule has 0 fully saturated rings. The molecule has 0 radical (unpaired) electrons. The number of sulfonamides is 1. The molecular weight excluding hydrogens is 387 g/mol. The van der Waals surface area contributed by atoms with Crippen LogP contribution in [0.3, 0.4) is 0 Å². The van der Waals surface area contributed by atoms with E-state index in [1.54, 1.807) is 30.3 Å². The third-order valence-electron chi connectivity index (χ3n) is 3.09. The second-order valence-corrected chi connectivity index (χ2v) is 9.79. The lowest BCUT2D eigenvalue weighted by atomic mass is 10.3. The number of hydrogen-bond acceptors (Lipinski definition) is 7. The Kier molecular flexibility index (Phi) is 6.39. The van der Waals surface area contributed by atoms with Crippen molar-refractivity contribution < 1.29 is 22.8 Å². The van der Waals surface area contributed by atoms with Crippen molar-refractivity contribution in [3.05, 3.63) is 64.7 Å². The molecule has 11 heteroatoms. The van der Waals surface area contributed by atoms with Crippen molar-refractivity contribution in [3.8, 4) is 0 Å². The SMILES string of the molecule is O=[N+]([O-])c1ccc(S(=O)(=O)NCCOP([O-])(=S)c2ccccc2)cc1. The lowest BCUT2D eigenvalue weighted by Crippen LogP contribution is -2.28. The summed E-state index contributed by atoms with van der Waals surface area (Å²) in [6.07, 6.45) is 0. The average Bonchev–Trinajstić information content (AvgIpc) is 2.60. The van der Waals surface area contributed by atoms with Crippen molar-refractivity contribution in [3.63, 3.8) is 0 Å². The Labute approximate surface area is 149 Å². The standard InChI is InChI=1S/C14H15N2O6PS2/c17-16(18)12-6-8-14(9-7-12)25(20,21)15-10-11-22-23(19,24)13-4-2-1-3-5-13/h1-9,15H,10-11H2,(H,19,24)/p-1. The molecule has 0 bridgehead atoms. The molecule has 1 N–H and O–H groups in total. The Morgan fingerprint density at radius 2 is 1.72 bits per heavy atom. The zero-order valence-corrected chi connectivity index (χ0v) is 15.3. The smallest absolute Gasteiger partial charge is 0.269 e. The summed E-state index contributed by atoms with van der Waals surface area (Å²) >= 11 is 4.94. The fourth-order valence-electron chi connectivity index (χ4n) is 1.86. The Morgan fingerprint density at radius 1 is 1.12 bits per heavy atom. The van der Waals surface area contributed by atoms with Crippen molar-refractivity contribution in [1.29, 1.82) is 0 Å². The van der Waals surface area contributed by atoms with Gasteiger partial charge in [-0.2, -0.15) is 0 Å². The molecule has 134 valence electrons. The fourth-order valence-corrected chi connectivity index (χ4v) is 4.48. The topological polar surface area (TPSA) is 122 Å². The highest BCUT2D eigenvalue weighted by molar-refractivity contribution is 8.12. The van der Waals surface area contributed by atoms with E-state index in [4.69, 9.17) is 16.3 Å². The van der Waals surface area contributed by atoms with Crippen LogP contribution in [0.1, 0.15) is 0 Å². The van der Waals surface area contributed by atoms with E-state index in [1.165, 1.54) is 0 Å². The maximum absolute atomic E-state index is 12.3. The van der Waals surface area contributed by atoms with Crippen LogP contribution in [0.5, 0.6) is 0 Å². The van der Waals surface area contributed by atoms with Gasteiger partial charge in [-0.15, -0.1) is 0 Å². The highest BCUT2D eigenvalue weighted by Gasteiger charge is 2.15. The van der Waals surface area contributed by atoms with E-state index in [1.807, 2.05) is 0 Å². The normalized spacial score (nSPS) is 14.0. The molecule has 8 nitrogen and oxygen atoms in total. The number of nitrogens with one attached hydrogen (secondary N) is 1. The number of nitrogens with zero attached hydrogens (tertiary/aromatic N) is 1. The molecular formula is C14H14N2O6PS2-. The van der Waals surface area contributed by atoms with Gasteiger partial charge < -0.3 is 9.42 Å². The molecule has 0 aliphatic rings. The highest BCUT2D eigenvalue weighted by atomic mass is 32.5. The molecule has 0 saturated carbocycles. The van der Waals surface area contributed by atoms with E-state index in [2.05, 4.69) is 4.72 Å². The van der Waals surface area contributed by atoms with Crippen molar-refractivity contribution in [2.24, 2.45) is 0 Å². The molecule has 0 aromatic heterocycles. The highest BCUT2D eigenvalue weighted by Crippen LogP contribution is 2.35. The third-order valence-corrected chi connectivity index (χ3v) is 6.96. The van der Waals surface area contributed by atoms with Gasteiger partial charge in [0.25, 0.3) is 5.69 Å². The van der Waals surface area contributed by atoms with Gasteiger partial charge in [0.15, 0.2) is 0 Å². The van der Waals surface area contributed by atoms with Gasteiger partial charge in [0.2, 0.25) is 10.0 Å². The monoisotopic (exact) mass is 401 g/mol. The van der Waals surface area contributed by atoms with Crippen LogP contribution in [0.2, 0.25) is 0 Å². The number of rotatable bonds is 8. The Hall–Kier alpha value is -1.68. The van der Waals surface area contributed by atoms with Crippen LogP contribution in [-0.2, 0) is 26.4 Å². The predicted molar refractivity (Wildman–Crippen MR) is 94.6 cm³/mol. The van der Waals surface area contributed by atoms with Crippen LogP contribution < -0.4 is 14.9 Å². The summed E-state index contributed by atoms with van der Waals surface area (Å²) in [5.74, 6) is 0. The Bertz CT molecular complexity index is 887. The number of hydrogen-bond donors (Lipinski definition) is 1. The number of nitro benzene ring substituents is 1. The van der Waals surface area contributed by atoms with Crippen molar-refractivity contribution in [2.75, 3.05) is 13.2 Å². The molecule has 0 aliphatic carbocycles. The fraction of sp³-hybridized carbons (Fsp3) is 0.143. The summed E-state index contributed by atoms with van der Waals surface area (Å²) < 4.78 is 31.6. The third kappa shape index (κ3) is 5.40. The number of benzene rings is 2. The first-order valence-corrected chi connectivity index (χ1v) is 11.1. The predicted octanol–water partition coefficient (Wildman–Crippen LogP) is 0.885. The van der Waals surface area contributed by atoms with Crippen LogP contribution in [0.25, 0.3) is 0 Å². The first kappa shape index (κ1) is 19.6. The minimum atomic E-state index is -3.86. The lowest BCUT2D eigenvalue weighted by molar-refractivity contribution is -0.384. The first-order valence-electron chi connectivity index (χ1n) is 6.98. The van der Waals surface area contributed by atoms with Crippen molar-refractivity contribution >= 4 is 39.3 Å². The molecule has 0 aliphatic heterocycles. The van der Waals surface area contributed by atoms with Gasteiger partial charge in [0.1, 0.15) is 0 Å². The van der Waals surface area contributed by atoms with Crippen molar-refractivity contribution in [1.82, 2.24) is 4.72 Å². The summed E-state index contributed by atoms with van der Waals surface area (Å²) in [5, 5.41) is 10.9. The lowest BCUT2D eigenvalue weighted by Gasteiger charge is -2.28. The van der Waals surface area contributed by atoms with Gasteiger partial charge in [-0.25, -0.2) is 13.1 Å². The molecule has 25 heavy (non-hydrogen) atoms. The summed E-state index contributed by atoms with van der Waals surface area (Å²) in [6.45, 7) is -3.77. The molecule has 1 atom stereocenters. The molecule has 0 spiro atoms. The van der Waals surface area contributed by atoms with Gasteiger partial charge in [-0.3, -0.25) is 10.1 Å². The van der Waals surface area contributed by atoms with E-state index in [0.717, 1.165) is 24.3 Å². The quantitative estimate of drug-likeness (QED) is 0.302. The molecule has 0 amide bonds. The van der Waals surface area contributed by atoms with Crippen LogP contribution in [-0.4, -0.2) is 26.5 Å². The Balaban J connectivity index is 1.92. The summed E-state index contributed by atoms with van der Waals surface area (Å²) in [4.78, 5) is 22.1. The van der Waals surface area contributed by atoms with Crippen LogP contribution in [0, 0.1) is 10.1 Å². The zero-order chi connectivity index (χ0) is 18.5. The minimum absolute atomic E-state index is 0.122. The van der Waals surface area contributed by atoms with Gasteiger partial charge in [-0.1, -0.05) is 42.1 Å². The summed E-state index contributed by atoms with van der Waals surface area (Å²) in [5.41, 5.74) is -0.211. The van der Waals surface area contributed by atoms with Crippen LogP contribution in [0.15, 0.2) is 59.5 Å². The summed E-state index contributed by atoms with van der Waals surface area (Å²) in [6, 6.07) is 12.7. The van der Waals surface area contributed by atoms with Crippen LogP contribution >= 0.6 is 6.49 Å². The maximum Gasteiger partial charge on any atom is 0.269 e. The first-order chi connectivity index (χ1) is 11.7. The molecule has 2 aromatic rings. The number of non-ortho nitro benzene ring substituents is 1. The minimum Gasteiger partial charge on any atom is -0.797 e. The van der Waals surface area contributed by atoms with E-state index in [0.29, 0.717) is 5.30 Å². The molecule has 2 rings (SSSR count). The van der Waals surface area contributed by atoms with Crippen LogP contribution in [0.4, 0.5) is 5.69 Å². The second-order valence-electron chi connectivity index (χ2n) is 4.82. The van der Waals surface area contributed by atoms with Gasteiger partial charge in [-0.05, 0) is 17.4 Å². The molecule has 0 heterocycles. The van der Waals surface area contributed by atoms with E-state index in [-0.39, 0.29) is 23.7 Å². The van der Waals surface area contributed by atoms with Crippen molar-refractivity contribution in [2.45, 2.75) is 4.90 Å². The van der Waals surface area contributed by atoms with Gasteiger partial charge in [0.05, 0.1) is 16.4 Å². The molecule has 1 unspecified atom stereocenters. The summed E-state index contributed by atoms with van der Waals surface area (Å²) in [7, 11) is -3.86. The Morgan fingerprint density at radius 3 is 2.28 bits per heavy atom. The van der Waals surface area contributed by atoms with Gasteiger partial charge in [0, 0.05) is 25.2 Å². The number of nitro groups is 1.